The van der Waals surface area contributed by atoms with Crippen molar-refractivity contribution in [2.75, 3.05) is 0 Å². The van der Waals surface area contributed by atoms with Crippen LogP contribution in [0.4, 0.5) is 0 Å². The molecule has 0 aliphatic carbocycles. The van der Waals surface area contributed by atoms with E-state index >= 15 is 0 Å². The summed E-state index contributed by atoms with van der Waals surface area (Å²) >= 11 is 5.43. The third-order valence-corrected chi connectivity index (χ3v) is 1.14. The van der Waals surface area contributed by atoms with Crippen molar-refractivity contribution in [2.45, 2.75) is 20.3 Å². The van der Waals surface area contributed by atoms with Crippen LogP contribution in [-0.2, 0) is 4.79 Å². The molecule has 0 fully saturated rings. The molecule has 0 unspecified atom stereocenters. The zero-order valence-corrected chi connectivity index (χ0v) is 5.83. The van der Waals surface area contributed by atoms with Crippen LogP contribution in [0, 0.1) is 0 Å². The van der Waals surface area contributed by atoms with Gasteiger partial charge in [-0.05, 0) is 6.42 Å². The summed E-state index contributed by atoms with van der Waals surface area (Å²) in [5.41, 5.74) is 0. The van der Waals surface area contributed by atoms with Gasteiger partial charge in [0.2, 0.25) is 0 Å². The number of allylic oxidation sites excluding steroid dienone is 2. The highest BCUT2D eigenvalue weighted by molar-refractivity contribution is 6.42. The summed E-state index contributed by atoms with van der Waals surface area (Å²) in [5.74, 6) is -0.0616. The molecule has 0 bridgehead atoms. The Morgan fingerprint density at radius 2 is 2.25 bits per heavy atom. The highest BCUT2D eigenvalue weighted by Crippen LogP contribution is 2.02. The molecule has 0 aromatic rings. The summed E-state index contributed by atoms with van der Waals surface area (Å²) in [6, 6.07) is 0. The molecule has 0 aromatic carbocycles. The Labute approximate surface area is 54.3 Å². The minimum Gasteiger partial charge on any atom is -0.294 e. The van der Waals surface area contributed by atoms with E-state index < -0.39 is 0 Å². The molecule has 0 atom stereocenters. The summed E-state index contributed by atoms with van der Waals surface area (Å²) in [5, 5.41) is 0.340. The number of carbonyl (C=O) groups excluding carboxylic acids is 1. The predicted octanol–water partition coefficient (Wildman–Crippen LogP) is 2.11. The maximum absolute atomic E-state index is 10.3. The van der Waals surface area contributed by atoms with Crippen LogP contribution in [0.25, 0.3) is 0 Å². The van der Waals surface area contributed by atoms with E-state index in [9.17, 15) is 4.79 Å². The monoisotopic (exact) mass is 132 g/mol. The Bertz CT molecular complexity index is 116. The standard InChI is InChI=1S/C6H9ClO/c1-3-4-6(7)5(2)8/h4H,3H2,1-2H3. The zero-order chi connectivity index (χ0) is 6.57. The van der Waals surface area contributed by atoms with Gasteiger partial charge in [0.05, 0.1) is 5.03 Å². The molecular formula is C6H9ClO. The topological polar surface area (TPSA) is 17.1 Å². The van der Waals surface area contributed by atoms with Crippen molar-refractivity contribution in [3.63, 3.8) is 0 Å². The van der Waals surface area contributed by atoms with Crippen molar-refractivity contribution in [2.24, 2.45) is 0 Å². The van der Waals surface area contributed by atoms with Crippen molar-refractivity contribution >= 4 is 17.4 Å². The zero-order valence-electron chi connectivity index (χ0n) is 5.07. The van der Waals surface area contributed by atoms with Crippen LogP contribution in [-0.4, -0.2) is 5.78 Å². The van der Waals surface area contributed by atoms with Gasteiger partial charge in [-0.15, -0.1) is 0 Å². The van der Waals surface area contributed by atoms with Gasteiger partial charge in [0, 0.05) is 6.92 Å². The molecule has 0 saturated heterocycles. The fourth-order valence-electron chi connectivity index (χ4n) is 0.323. The molecule has 2 heteroatoms. The van der Waals surface area contributed by atoms with Crippen LogP contribution < -0.4 is 0 Å². The summed E-state index contributed by atoms with van der Waals surface area (Å²) < 4.78 is 0. The lowest BCUT2D eigenvalue weighted by atomic mass is 10.3. The van der Waals surface area contributed by atoms with Crippen LogP contribution in [0.1, 0.15) is 20.3 Å². The number of Topliss-reactive ketones (excluding diaryl/α,β-unsaturated/α-hetero) is 1. The van der Waals surface area contributed by atoms with Crippen LogP contribution in [0.3, 0.4) is 0 Å². The number of ketones is 1. The molecule has 0 radical (unpaired) electrons. The first-order chi connectivity index (χ1) is 3.68. The first kappa shape index (κ1) is 7.70. The van der Waals surface area contributed by atoms with E-state index in [2.05, 4.69) is 0 Å². The van der Waals surface area contributed by atoms with Gasteiger partial charge in [0.25, 0.3) is 0 Å². The van der Waals surface area contributed by atoms with Gasteiger partial charge < -0.3 is 0 Å². The SMILES string of the molecule is CCC=C(Cl)C(C)=O. The summed E-state index contributed by atoms with van der Waals surface area (Å²) in [6.07, 6.45) is 2.52. The second-order valence-corrected chi connectivity index (χ2v) is 1.92. The van der Waals surface area contributed by atoms with E-state index in [1.54, 1.807) is 6.08 Å². The summed E-state index contributed by atoms with van der Waals surface area (Å²) in [4.78, 5) is 10.3. The van der Waals surface area contributed by atoms with Gasteiger partial charge in [-0.25, -0.2) is 0 Å². The molecule has 0 amide bonds. The van der Waals surface area contributed by atoms with Crippen molar-refractivity contribution in [1.29, 1.82) is 0 Å². The molecule has 0 N–H and O–H groups in total. The Morgan fingerprint density at radius 3 is 2.38 bits per heavy atom. The Balaban J connectivity index is 3.80. The Morgan fingerprint density at radius 1 is 1.75 bits per heavy atom. The minimum atomic E-state index is -0.0616. The van der Waals surface area contributed by atoms with Gasteiger partial charge in [0.1, 0.15) is 0 Å². The largest absolute Gasteiger partial charge is 0.294 e. The van der Waals surface area contributed by atoms with Gasteiger partial charge >= 0.3 is 0 Å². The molecule has 0 rings (SSSR count). The molecule has 1 nitrogen and oxygen atoms in total. The molecule has 0 aliphatic rings. The maximum Gasteiger partial charge on any atom is 0.170 e. The molecule has 0 saturated carbocycles. The molecule has 46 valence electrons. The second kappa shape index (κ2) is 3.67. The number of carbonyl (C=O) groups is 1. The lowest BCUT2D eigenvalue weighted by Gasteiger charge is -1.85. The van der Waals surface area contributed by atoms with E-state index in [0.717, 1.165) is 6.42 Å². The van der Waals surface area contributed by atoms with Crippen molar-refractivity contribution in [3.05, 3.63) is 11.1 Å². The van der Waals surface area contributed by atoms with E-state index in [0.29, 0.717) is 5.03 Å². The molecule has 0 spiro atoms. The third-order valence-electron chi connectivity index (χ3n) is 0.720. The molecule has 8 heavy (non-hydrogen) atoms. The number of hydrogen-bond donors (Lipinski definition) is 0. The average Bonchev–Trinajstić information content (AvgIpc) is 1.67. The molecule has 0 aliphatic heterocycles. The molecule has 0 heterocycles. The first-order valence-electron chi connectivity index (χ1n) is 2.55. The third kappa shape index (κ3) is 2.80. The lowest BCUT2D eigenvalue weighted by Crippen LogP contribution is -1.86. The second-order valence-electron chi connectivity index (χ2n) is 1.52. The normalized spacial score (nSPS) is 11.6. The fourth-order valence-corrected chi connectivity index (χ4v) is 0.477. The maximum atomic E-state index is 10.3. The fraction of sp³-hybridized carbons (Fsp3) is 0.500. The van der Waals surface area contributed by atoms with Gasteiger partial charge in [0.15, 0.2) is 5.78 Å². The number of rotatable bonds is 2. The van der Waals surface area contributed by atoms with Gasteiger partial charge in [-0.2, -0.15) is 0 Å². The quantitative estimate of drug-likeness (QED) is 0.526. The van der Waals surface area contributed by atoms with Crippen molar-refractivity contribution in [3.8, 4) is 0 Å². The minimum absolute atomic E-state index is 0.0616. The smallest absolute Gasteiger partial charge is 0.170 e. The lowest BCUT2D eigenvalue weighted by molar-refractivity contribution is -0.113. The van der Waals surface area contributed by atoms with Crippen molar-refractivity contribution < 1.29 is 4.79 Å². The van der Waals surface area contributed by atoms with Crippen molar-refractivity contribution in [1.82, 2.24) is 0 Å². The van der Waals surface area contributed by atoms with Crippen LogP contribution in [0.2, 0.25) is 0 Å². The highest BCUT2D eigenvalue weighted by atomic mass is 35.5. The predicted molar refractivity (Wildman–Crippen MR) is 34.9 cm³/mol. The van der Waals surface area contributed by atoms with E-state index in [1.165, 1.54) is 6.92 Å². The summed E-state index contributed by atoms with van der Waals surface area (Å²) in [7, 11) is 0. The van der Waals surface area contributed by atoms with Gasteiger partial charge in [-0.1, -0.05) is 24.6 Å². The highest BCUT2D eigenvalue weighted by Gasteiger charge is 1.94. The number of hydrogen-bond acceptors (Lipinski definition) is 1. The van der Waals surface area contributed by atoms with Crippen LogP contribution >= 0.6 is 11.6 Å². The van der Waals surface area contributed by atoms with Crippen LogP contribution in [0.5, 0.6) is 0 Å². The average molecular weight is 133 g/mol. The Hall–Kier alpha value is -0.300. The van der Waals surface area contributed by atoms with E-state index in [1.807, 2.05) is 6.92 Å². The Kier molecular flexibility index (Phi) is 3.53. The molecule has 0 aromatic heterocycles. The van der Waals surface area contributed by atoms with Crippen LogP contribution in [0.15, 0.2) is 11.1 Å². The number of halogens is 1. The van der Waals surface area contributed by atoms with Gasteiger partial charge in [-0.3, -0.25) is 4.79 Å². The van der Waals surface area contributed by atoms with E-state index in [-0.39, 0.29) is 5.78 Å². The first-order valence-corrected chi connectivity index (χ1v) is 2.93. The van der Waals surface area contributed by atoms with E-state index in [4.69, 9.17) is 11.6 Å². The molecular weight excluding hydrogens is 124 g/mol. The summed E-state index contributed by atoms with van der Waals surface area (Å²) in [6.45, 7) is 3.39.